The largest absolute Gasteiger partial charge is 0.479 e. The third-order valence-corrected chi connectivity index (χ3v) is 6.51. The average molecular weight is 561 g/mol. The lowest BCUT2D eigenvalue weighted by atomic mass is 9.80. The molecule has 2 aromatic rings. The van der Waals surface area contributed by atoms with Crippen LogP contribution in [0.25, 0.3) is 0 Å². The van der Waals surface area contributed by atoms with Crippen molar-refractivity contribution in [3.05, 3.63) is 71.3 Å². The number of hydrogen-bond donors (Lipinski definition) is 3. The van der Waals surface area contributed by atoms with E-state index in [1.165, 1.54) is 32.9 Å². The Bertz CT molecular complexity index is 1370. The van der Waals surface area contributed by atoms with E-state index < -0.39 is 40.9 Å². The number of rotatable bonds is 6. The van der Waals surface area contributed by atoms with E-state index in [4.69, 9.17) is 14.2 Å². The zero-order valence-corrected chi connectivity index (χ0v) is 24.2. The summed E-state index contributed by atoms with van der Waals surface area (Å²) in [5, 5.41) is 15.1. The van der Waals surface area contributed by atoms with E-state index in [1.807, 2.05) is 30.3 Å². The average Bonchev–Trinajstić information content (AvgIpc) is 2.90. The van der Waals surface area contributed by atoms with Gasteiger partial charge in [-0.25, -0.2) is 9.59 Å². The van der Waals surface area contributed by atoms with Crippen molar-refractivity contribution in [3.63, 3.8) is 0 Å². The summed E-state index contributed by atoms with van der Waals surface area (Å²) in [6.07, 6.45) is -0.916. The van der Waals surface area contributed by atoms with Gasteiger partial charge in [-0.05, 0) is 77.6 Å². The first-order valence-corrected chi connectivity index (χ1v) is 13.2. The van der Waals surface area contributed by atoms with Crippen LogP contribution in [0.5, 0.6) is 0 Å². The Morgan fingerprint density at radius 1 is 0.927 bits per heavy atom. The Labute approximate surface area is 240 Å². The molecule has 3 N–H and O–H groups in total. The van der Waals surface area contributed by atoms with Gasteiger partial charge < -0.3 is 30.0 Å². The van der Waals surface area contributed by atoms with Gasteiger partial charge in [-0.2, -0.15) is 0 Å². The fourth-order valence-electron chi connectivity index (χ4n) is 3.81. The second-order valence-electron chi connectivity index (χ2n) is 11.3. The Morgan fingerprint density at radius 2 is 1.59 bits per heavy atom. The predicted octanol–water partition coefficient (Wildman–Crippen LogP) is 4.42. The first kappa shape index (κ1) is 31.2. The Hall–Kier alpha value is -4.31. The highest BCUT2D eigenvalue weighted by Crippen LogP contribution is 2.26. The van der Waals surface area contributed by atoms with Crippen LogP contribution < -0.4 is 10.6 Å². The quantitative estimate of drug-likeness (QED) is 0.447. The second kappa shape index (κ2) is 12.9. The van der Waals surface area contributed by atoms with Crippen LogP contribution in [0.1, 0.15) is 75.7 Å². The molecular weight excluding hydrogens is 524 g/mol. The molecule has 9 heteroatoms. The monoisotopic (exact) mass is 560 g/mol. The topological polar surface area (TPSA) is 123 Å². The third-order valence-electron chi connectivity index (χ3n) is 6.51. The van der Waals surface area contributed by atoms with Crippen molar-refractivity contribution in [3.8, 4) is 23.7 Å². The minimum Gasteiger partial charge on any atom is -0.479 e. The highest BCUT2D eigenvalue weighted by molar-refractivity contribution is 5.98. The second-order valence-corrected chi connectivity index (χ2v) is 11.3. The minimum atomic E-state index is -1.86. The molecule has 0 aliphatic carbocycles. The van der Waals surface area contributed by atoms with Crippen LogP contribution in [0.3, 0.4) is 0 Å². The van der Waals surface area contributed by atoms with E-state index in [2.05, 4.69) is 34.3 Å². The van der Waals surface area contributed by atoms with Crippen molar-refractivity contribution >= 4 is 18.0 Å². The highest BCUT2D eigenvalue weighted by atomic mass is 16.7. The molecule has 9 nitrogen and oxygen atoms in total. The number of aliphatic carboxylic acids is 1. The maximum atomic E-state index is 13.0. The number of ether oxygens (including phenoxy) is 3. The van der Waals surface area contributed by atoms with E-state index in [0.29, 0.717) is 18.6 Å². The van der Waals surface area contributed by atoms with Crippen LogP contribution in [0.4, 0.5) is 4.79 Å². The lowest BCUT2D eigenvalue weighted by Crippen LogP contribution is -2.70. The number of carboxylic acids is 1. The standard InChI is InChI=1S/C32H36N2O7/c1-30(2,3)41-29(38)34-31(4,5)32(6,28(36)37)33-26(35)23-18-16-22(17-19-23)12-10-11-15-25-20-21-39-27(40-25)24-13-8-7-9-14-24/h7-9,13-14,16-19,25,27H,20-21H2,1-6H3,(H,33,35)(H,34,38)(H,36,37)/t25?,27?,32-/m1/s1. The summed E-state index contributed by atoms with van der Waals surface area (Å²) in [6.45, 7) is 9.94. The molecule has 216 valence electrons. The fraction of sp³-hybridized carbons (Fsp3) is 0.406. The van der Waals surface area contributed by atoms with Crippen molar-refractivity contribution in [2.24, 2.45) is 0 Å². The first-order valence-electron chi connectivity index (χ1n) is 13.2. The van der Waals surface area contributed by atoms with Gasteiger partial charge in [-0.1, -0.05) is 42.2 Å². The van der Waals surface area contributed by atoms with Gasteiger partial charge in [0.05, 0.1) is 12.1 Å². The molecule has 1 saturated heterocycles. The van der Waals surface area contributed by atoms with Crippen LogP contribution in [0.15, 0.2) is 54.6 Å². The number of amides is 2. The van der Waals surface area contributed by atoms with Gasteiger partial charge in [-0.3, -0.25) is 4.79 Å². The van der Waals surface area contributed by atoms with E-state index in [1.54, 1.807) is 32.9 Å². The van der Waals surface area contributed by atoms with Gasteiger partial charge in [0.15, 0.2) is 11.8 Å². The van der Waals surface area contributed by atoms with Crippen LogP contribution in [0, 0.1) is 23.7 Å². The van der Waals surface area contributed by atoms with Gasteiger partial charge in [0, 0.05) is 23.1 Å². The van der Waals surface area contributed by atoms with Crippen molar-refractivity contribution in [1.82, 2.24) is 10.6 Å². The van der Waals surface area contributed by atoms with Crippen LogP contribution in [0.2, 0.25) is 0 Å². The summed E-state index contributed by atoms with van der Waals surface area (Å²) in [5.74, 6) is 9.61. The molecule has 3 atom stereocenters. The van der Waals surface area contributed by atoms with Gasteiger partial charge in [0.1, 0.15) is 11.7 Å². The minimum absolute atomic E-state index is 0.227. The number of hydrogen-bond acceptors (Lipinski definition) is 6. The molecule has 3 rings (SSSR count). The Balaban J connectivity index is 1.63. The zero-order chi connectivity index (χ0) is 30.3. The summed E-state index contributed by atoms with van der Waals surface area (Å²) in [4.78, 5) is 37.6. The van der Waals surface area contributed by atoms with E-state index >= 15 is 0 Å². The number of alkyl carbamates (subject to hydrolysis) is 1. The summed E-state index contributed by atoms with van der Waals surface area (Å²) in [6, 6.07) is 16.0. The molecule has 0 spiro atoms. The molecule has 1 fully saturated rings. The predicted molar refractivity (Wildman–Crippen MR) is 153 cm³/mol. The Morgan fingerprint density at radius 3 is 2.20 bits per heavy atom. The number of carbonyl (C=O) groups is 3. The molecule has 0 aromatic heterocycles. The van der Waals surface area contributed by atoms with Gasteiger partial charge in [-0.15, -0.1) is 0 Å². The van der Waals surface area contributed by atoms with E-state index in [0.717, 1.165) is 5.56 Å². The highest BCUT2D eigenvalue weighted by Gasteiger charge is 2.50. The summed E-state index contributed by atoms with van der Waals surface area (Å²) in [7, 11) is 0. The lowest BCUT2D eigenvalue weighted by Gasteiger charge is -2.41. The van der Waals surface area contributed by atoms with Crippen molar-refractivity contribution < 1.29 is 33.7 Å². The maximum absolute atomic E-state index is 13.0. The lowest BCUT2D eigenvalue weighted by molar-refractivity contribution is -0.202. The number of carbonyl (C=O) groups excluding carboxylic acids is 2. The van der Waals surface area contributed by atoms with Gasteiger partial charge in [0.2, 0.25) is 0 Å². The van der Waals surface area contributed by atoms with Crippen LogP contribution in [-0.4, -0.2) is 52.5 Å². The van der Waals surface area contributed by atoms with Crippen molar-refractivity contribution in [1.29, 1.82) is 0 Å². The maximum Gasteiger partial charge on any atom is 0.408 e. The molecule has 1 aliphatic rings. The van der Waals surface area contributed by atoms with Crippen LogP contribution in [-0.2, 0) is 19.0 Å². The summed E-state index contributed by atoms with van der Waals surface area (Å²) in [5.41, 5.74) is -2.26. The zero-order valence-electron chi connectivity index (χ0n) is 24.2. The van der Waals surface area contributed by atoms with Gasteiger partial charge in [0.25, 0.3) is 5.91 Å². The third kappa shape index (κ3) is 8.59. The molecular formula is C32H36N2O7. The number of benzene rings is 2. The Kier molecular flexibility index (Phi) is 9.83. The first-order chi connectivity index (χ1) is 19.2. The van der Waals surface area contributed by atoms with Crippen molar-refractivity contribution in [2.75, 3.05) is 6.61 Å². The van der Waals surface area contributed by atoms with Gasteiger partial charge >= 0.3 is 12.1 Å². The summed E-state index contributed by atoms with van der Waals surface area (Å²) < 4.78 is 16.8. The molecule has 1 heterocycles. The normalized spacial score (nSPS) is 18.3. The van der Waals surface area contributed by atoms with E-state index in [9.17, 15) is 19.5 Å². The SMILES string of the molecule is CC(C)(C)OC(=O)NC(C)(C)[C@](C)(NC(=O)c1ccc(C#CC#CC2CCOC(c3ccccc3)O2)cc1)C(=O)O. The molecule has 0 saturated carbocycles. The molecule has 41 heavy (non-hydrogen) atoms. The fourth-order valence-corrected chi connectivity index (χ4v) is 3.81. The molecule has 0 bridgehead atoms. The molecule has 1 aliphatic heterocycles. The molecule has 2 unspecified atom stereocenters. The number of carboxylic acid groups (broad SMARTS) is 1. The van der Waals surface area contributed by atoms with E-state index in [-0.39, 0.29) is 11.7 Å². The molecule has 2 aromatic carbocycles. The van der Waals surface area contributed by atoms with Crippen molar-refractivity contribution in [2.45, 2.75) is 77.0 Å². The number of nitrogens with one attached hydrogen (secondary N) is 2. The summed E-state index contributed by atoms with van der Waals surface area (Å²) >= 11 is 0. The molecule has 2 amide bonds. The van der Waals surface area contributed by atoms with Crippen LogP contribution >= 0.6 is 0 Å². The smallest absolute Gasteiger partial charge is 0.408 e. The molecule has 0 radical (unpaired) electrons.